The Morgan fingerprint density at radius 1 is 1.08 bits per heavy atom. The molecule has 128 valence electrons. The zero-order valence-corrected chi connectivity index (χ0v) is 13.8. The number of thioether (sulfide) groups is 1. The van der Waals surface area contributed by atoms with Crippen molar-refractivity contribution in [3.63, 3.8) is 0 Å². The first-order valence-electron chi connectivity index (χ1n) is 7.53. The second-order valence-corrected chi connectivity index (χ2v) is 6.11. The molecule has 0 fully saturated rings. The maximum Gasteiger partial charge on any atom is 0.276 e. The fourth-order valence-corrected chi connectivity index (χ4v) is 2.83. The summed E-state index contributed by atoms with van der Waals surface area (Å²) in [6.45, 7) is 0.541. The van der Waals surface area contributed by atoms with E-state index in [1.54, 1.807) is 30.3 Å². The molecule has 0 saturated heterocycles. The van der Waals surface area contributed by atoms with Crippen molar-refractivity contribution in [1.29, 1.82) is 0 Å². The van der Waals surface area contributed by atoms with Gasteiger partial charge in [0.1, 0.15) is 0 Å². The van der Waals surface area contributed by atoms with Gasteiger partial charge in [-0.1, -0.05) is 23.9 Å². The Labute approximate surface area is 146 Å². The van der Waals surface area contributed by atoms with Crippen molar-refractivity contribution in [2.24, 2.45) is 0 Å². The van der Waals surface area contributed by atoms with Gasteiger partial charge in [-0.25, -0.2) is 4.39 Å². The molecule has 0 spiro atoms. The van der Waals surface area contributed by atoms with E-state index in [-0.39, 0.29) is 18.4 Å². The van der Waals surface area contributed by atoms with E-state index in [4.69, 9.17) is 18.6 Å². The minimum absolute atomic E-state index is 0.214. The molecule has 0 unspecified atom stereocenters. The molecule has 0 bridgehead atoms. The predicted octanol–water partition coefficient (Wildman–Crippen LogP) is 3.78. The van der Waals surface area contributed by atoms with Crippen LogP contribution in [0.5, 0.6) is 17.2 Å². The van der Waals surface area contributed by atoms with E-state index < -0.39 is 0 Å². The van der Waals surface area contributed by atoms with Gasteiger partial charge in [0, 0.05) is 11.3 Å². The van der Waals surface area contributed by atoms with Gasteiger partial charge in [-0.15, -0.1) is 10.2 Å². The quantitative estimate of drug-likeness (QED) is 0.489. The molecule has 0 aliphatic carbocycles. The molecule has 0 atom stereocenters. The molecule has 25 heavy (non-hydrogen) atoms. The minimum Gasteiger partial charge on any atom is -0.490 e. The molecule has 1 aliphatic rings. The van der Waals surface area contributed by atoms with E-state index in [0.717, 1.165) is 5.56 Å². The van der Waals surface area contributed by atoms with Gasteiger partial charge < -0.3 is 18.6 Å². The summed E-state index contributed by atoms with van der Waals surface area (Å²) in [6.07, 6.45) is 0. The van der Waals surface area contributed by atoms with Gasteiger partial charge in [0.2, 0.25) is 12.7 Å². The summed E-state index contributed by atoms with van der Waals surface area (Å²) in [4.78, 5) is 0. The molecule has 1 aliphatic heterocycles. The average molecular weight is 360 g/mol. The summed E-state index contributed by atoms with van der Waals surface area (Å²) < 4.78 is 35.0. The molecular weight excluding hydrogens is 347 g/mol. The first-order valence-corrected chi connectivity index (χ1v) is 8.52. The number of benzene rings is 2. The maximum absolute atomic E-state index is 13.4. The van der Waals surface area contributed by atoms with Crippen molar-refractivity contribution in [1.82, 2.24) is 10.2 Å². The zero-order chi connectivity index (χ0) is 17.1. The van der Waals surface area contributed by atoms with Crippen LogP contribution in [0.15, 0.2) is 52.1 Å². The van der Waals surface area contributed by atoms with Crippen molar-refractivity contribution in [3.05, 3.63) is 48.3 Å². The van der Waals surface area contributed by atoms with Crippen molar-refractivity contribution >= 4 is 11.8 Å². The number of rotatable bonds is 6. The SMILES string of the molecule is Fc1ccccc1OCCSc1nnc(-c2ccc3c(c2)OCO3)o1. The molecule has 0 N–H and O–H groups in total. The van der Waals surface area contributed by atoms with Gasteiger partial charge >= 0.3 is 0 Å². The molecule has 8 heteroatoms. The van der Waals surface area contributed by atoms with Crippen molar-refractivity contribution in [2.75, 3.05) is 19.2 Å². The Hall–Kier alpha value is -2.74. The highest BCUT2D eigenvalue weighted by atomic mass is 32.2. The Morgan fingerprint density at radius 3 is 2.88 bits per heavy atom. The summed E-state index contributed by atoms with van der Waals surface area (Å²) >= 11 is 1.34. The molecule has 0 amide bonds. The van der Waals surface area contributed by atoms with E-state index in [2.05, 4.69) is 10.2 Å². The largest absolute Gasteiger partial charge is 0.490 e. The van der Waals surface area contributed by atoms with Crippen LogP contribution in [0.2, 0.25) is 0 Å². The molecule has 6 nitrogen and oxygen atoms in total. The monoisotopic (exact) mass is 360 g/mol. The Kier molecular flexibility index (Phi) is 4.43. The van der Waals surface area contributed by atoms with E-state index in [9.17, 15) is 4.39 Å². The standard InChI is InChI=1S/C17H13FN2O4S/c18-12-3-1-2-4-13(12)21-7-8-25-17-20-19-16(24-17)11-5-6-14-15(9-11)23-10-22-14/h1-6,9H,7-8,10H2. The third-order valence-corrected chi connectivity index (χ3v) is 4.21. The van der Waals surface area contributed by atoms with Gasteiger partial charge in [0.25, 0.3) is 5.22 Å². The van der Waals surface area contributed by atoms with Gasteiger partial charge in [0.15, 0.2) is 23.1 Å². The summed E-state index contributed by atoms with van der Waals surface area (Å²) in [5.41, 5.74) is 0.756. The second-order valence-electron chi connectivity index (χ2n) is 5.07. The van der Waals surface area contributed by atoms with Gasteiger partial charge in [-0.05, 0) is 30.3 Å². The summed E-state index contributed by atoms with van der Waals surface area (Å²) in [7, 11) is 0. The van der Waals surface area contributed by atoms with Crippen LogP contribution in [-0.2, 0) is 0 Å². The normalized spacial score (nSPS) is 12.4. The smallest absolute Gasteiger partial charge is 0.276 e. The van der Waals surface area contributed by atoms with Crippen LogP contribution in [0.25, 0.3) is 11.5 Å². The van der Waals surface area contributed by atoms with Crippen LogP contribution in [0.4, 0.5) is 4.39 Å². The lowest BCUT2D eigenvalue weighted by molar-refractivity contribution is 0.174. The van der Waals surface area contributed by atoms with E-state index in [1.807, 2.05) is 6.07 Å². The predicted molar refractivity (Wildman–Crippen MR) is 88.5 cm³/mol. The molecule has 0 saturated carbocycles. The topological polar surface area (TPSA) is 66.6 Å². The van der Waals surface area contributed by atoms with Gasteiger partial charge in [-0.3, -0.25) is 0 Å². The lowest BCUT2D eigenvalue weighted by Crippen LogP contribution is -2.01. The summed E-state index contributed by atoms with van der Waals surface area (Å²) in [5.74, 6) is 2.16. The number of hydrogen-bond donors (Lipinski definition) is 0. The Balaban J connectivity index is 1.33. The number of para-hydroxylation sites is 1. The minimum atomic E-state index is -0.379. The van der Waals surface area contributed by atoms with Crippen LogP contribution < -0.4 is 14.2 Å². The van der Waals surface area contributed by atoms with Gasteiger partial charge in [-0.2, -0.15) is 0 Å². The zero-order valence-electron chi connectivity index (χ0n) is 13.0. The van der Waals surface area contributed by atoms with Crippen LogP contribution in [0.1, 0.15) is 0 Å². The van der Waals surface area contributed by atoms with Crippen molar-refractivity contribution < 1.29 is 23.0 Å². The number of hydrogen-bond acceptors (Lipinski definition) is 7. The highest BCUT2D eigenvalue weighted by molar-refractivity contribution is 7.99. The number of ether oxygens (including phenoxy) is 3. The molecule has 0 radical (unpaired) electrons. The molecule has 1 aromatic heterocycles. The van der Waals surface area contributed by atoms with E-state index in [0.29, 0.717) is 35.0 Å². The van der Waals surface area contributed by atoms with Gasteiger partial charge in [0.05, 0.1) is 6.61 Å². The highest BCUT2D eigenvalue weighted by Crippen LogP contribution is 2.36. The molecule has 2 aromatic carbocycles. The maximum atomic E-state index is 13.4. The van der Waals surface area contributed by atoms with E-state index in [1.165, 1.54) is 17.8 Å². The lowest BCUT2D eigenvalue weighted by Gasteiger charge is -2.05. The third kappa shape index (κ3) is 3.53. The molecule has 3 aromatic rings. The highest BCUT2D eigenvalue weighted by Gasteiger charge is 2.16. The van der Waals surface area contributed by atoms with E-state index >= 15 is 0 Å². The summed E-state index contributed by atoms with van der Waals surface area (Å²) in [6, 6.07) is 11.7. The number of aromatic nitrogens is 2. The summed E-state index contributed by atoms with van der Waals surface area (Å²) in [5, 5.41) is 8.44. The first-order chi connectivity index (χ1) is 12.3. The van der Waals surface area contributed by atoms with Crippen LogP contribution in [0.3, 0.4) is 0 Å². The molecule has 4 rings (SSSR count). The fraction of sp³-hybridized carbons (Fsp3) is 0.176. The number of fused-ring (bicyclic) bond motifs is 1. The van der Waals surface area contributed by atoms with Crippen LogP contribution in [0, 0.1) is 5.82 Å². The fourth-order valence-electron chi connectivity index (χ4n) is 2.26. The molecular formula is C17H13FN2O4S. The number of nitrogens with zero attached hydrogens (tertiary/aromatic N) is 2. The lowest BCUT2D eigenvalue weighted by atomic mass is 10.2. The number of halogens is 1. The Bertz CT molecular complexity index is 887. The average Bonchev–Trinajstić information content (AvgIpc) is 3.28. The van der Waals surface area contributed by atoms with Crippen LogP contribution in [-0.4, -0.2) is 29.4 Å². The molecule has 2 heterocycles. The third-order valence-electron chi connectivity index (χ3n) is 3.43. The first kappa shape index (κ1) is 15.8. The Morgan fingerprint density at radius 2 is 1.96 bits per heavy atom. The van der Waals surface area contributed by atoms with Crippen LogP contribution >= 0.6 is 11.8 Å². The second kappa shape index (κ2) is 7.02. The van der Waals surface area contributed by atoms with Crippen molar-refractivity contribution in [3.8, 4) is 28.7 Å². The van der Waals surface area contributed by atoms with Crippen molar-refractivity contribution in [2.45, 2.75) is 5.22 Å².